The van der Waals surface area contributed by atoms with E-state index in [0.717, 1.165) is 17.9 Å². The molecule has 0 radical (unpaired) electrons. The van der Waals surface area contributed by atoms with Crippen LogP contribution in [-0.4, -0.2) is 32.4 Å². The number of nitrogens with one attached hydrogen (secondary N) is 1. The Morgan fingerprint density at radius 1 is 1.53 bits per heavy atom. The van der Waals surface area contributed by atoms with Crippen molar-refractivity contribution in [2.45, 2.75) is 19.4 Å². The summed E-state index contributed by atoms with van der Waals surface area (Å²) in [5.74, 6) is 0.768. The predicted molar refractivity (Wildman–Crippen MR) is 57.8 cm³/mol. The maximum absolute atomic E-state index is 9.05. The Bertz CT molecular complexity index is 436. The summed E-state index contributed by atoms with van der Waals surface area (Å²) in [7, 11) is 0. The third-order valence-corrected chi connectivity index (χ3v) is 2.32. The van der Waals surface area contributed by atoms with Crippen LogP contribution in [0.3, 0.4) is 0 Å². The molecule has 0 fully saturated rings. The van der Waals surface area contributed by atoms with Crippen LogP contribution in [0.1, 0.15) is 13.3 Å². The molecule has 15 heavy (non-hydrogen) atoms. The maximum Gasteiger partial charge on any atom is 0.157 e. The van der Waals surface area contributed by atoms with Gasteiger partial charge in [0.25, 0.3) is 0 Å². The topological polar surface area (TPSA) is 62.5 Å². The van der Waals surface area contributed by atoms with Gasteiger partial charge in [-0.1, -0.05) is 6.92 Å². The molecule has 2 rings (SSSR count). The Morgan fingerprint density at radius 3 is 3.13 bits per heavy atom. The quantitative estimate of drug-likeness (QED) is 0.780. The monoisotopic (exact) mass is 206 g/mol. The molecule has 0 aliphatic carbocycles. The molecule has 2 aromatic rings. The van der Waals surface area contributed by atoms with Gasteiger partial charge in [0.05, 0.1) is 18.8 Å². The number of aromatic nitrogens is 3. The van der Waals surface area contributed by atoms with E-state index in [1.54, 1.807) is 10.7 Å². The van der Waals surface area contributed by atoms with E-state index in [1.165, 1.54) is 0 Å². The van der Waals surface area contributed by atoms with Gasteiger partial charge >= 0.3 is 0 Å². The van der Waals surface area contributed by atoms with Crippen molar-refractivity contribution in [3.8, 4) is 0 Å². The second kappa shape index (κ2) is 4.27. The van der Waals surface area contributed by atoms with Gasteiger partial charge in [-0.05, 0) is 12.5 Å². The van der Waals surface area contributed by atoms with Gasteiger partial charge < -0.3 is 10.4 Å². The molecule has 0 bridgehead atoms. The molecule has 1 atom stereocenters. The fourth-order valence-corrected chi connectivity index (χ4v) is 1.38. The standard InChI is InChI=1S/C10H14N4O/c1-2-8(7-15)12-9-4-6-14-10(13-9)3-5-11-14/h3-6,8,15H,2,7H2,1H3,(H,12,13). The first kappa shape index (κ1) is 9.92. The largest absolute Gasteiger partial charge is 0.394 e. The van der Waals surface area contributed by atoms with E-state index in [-0.39, 0.29) is 12.6 Å². The summed E-state index contributed by atoms with van der Waals surface area (Å²) in [5.41, 5.74) is 0.799. The molecule has 2 heterocycles. The fraction of sp³-hybridized carbons (Fsp3) is 0.400. The third kappa shape index (κ3) is 2.07. The zero-order valence-corrected chi connectivity index (χ0v) is 8.59. The number of nitrogens with zero attached hydrogens (tertiary/aromatic N) is 3. The fourth-order valence-electron chi connectivity index (χ4n) is 1.38. The molecule has 0 spiro atoms. The van der Waals surface area contributed by atoms with Crippen LogP contribution >= 0.6 is 0 Å². The Labute approximate surface area is 87.8 Å². The summed E-state index contributed by atoms with van der Waals surface area (Å²) >= 11 is 0. The SMILES string of the molecule is CCC(CO)Nc1ccn2nccc2n1. The number of fused-ring (bicyclic) bond motifs is 1. The zero-order valence-electron chi connectivity index (χ0n) is 8.59. The first-order chi connectivity index (χ1) is 7.33. The van der Waals surface area contributed by atoms with Gasteiger partial charge in [0, 0.05) is 12.3 Å². The summed E-state index contributed by atoms with van der Waals surface area (Å²) in [6.45, 7) is 2.13. The summed E-state index contributed by atoms with van der Waals surface area (Å²) in [6, 6.07) is 3.74. The van der Waals surface area contributed by atoms with Crippen LogP contribution in [0.5, 0.6) is 0 Å². The Hall–Kier alpha value is -1.62. The summed E-state index contributed by atoms with van der Waals surface area (Å²) in [4.78, 5) is 4.35. The van der Waals surface area contributed by atoms with Crippen molar-refractivity contribution >= 4 is 11.5 Å². The molecule has 0 saturated heterocycles. The smallest absolute Gasteiger partial charge is 0.157 e. The van der Waals surface area contributed by atoms with Crippen molar-refractivity contribution in [1.82, 2.24) is 14.6 Å². The lowest BCUT2D eigenvalue weighted by atomic mass is 10.2. The van der Waals surface area contributed by atoms with Crippen molar-refractivity contribution in [3.05, 3.63) is 24.5 Å². The number of hydrogen-bond acceptors (Lipinski definition) is 4. The number of aliphatic hydroxyl groups excluding tert-OH is 1. The average Bonchev–Trinajstić information content (AvgIpc) is 2.73. The van der Waals surface area contributed by atoms with Crippen LogP contribution < -0.4 is 5.32 Å². The highest BCUT2D eigenvalue weighted by atomic mass is 16.3. The molecular formula is C10H14N4O. The number of anilines is 1. The van der Waals surface area contributed by atoms with Gasteiger partial charge in [-0.15, -0.1) is 0 Å². The lowest BCUT2D eigenvalue weighted by Gasteiger charge is -2.14. The van der Waals surface area contributed by atoms with E-state index < -0.39 is 0 Å². The number of aliphatic hydroxyl groups is 1. The lowest BCUT2D eigenvalue weighted by molar-refractivity contribution is 0.271. The Morgan fingerprint density at radius 2 is 2.40 bits per heavy atom. The summed E-state index contributed by atoms with van der Waals surface area (Å²) in [6.07, 6.45) is 4.41. The summed E-state index contributed by atoms with van der Waals surface area (Å²) < 4.78 is 1.70. The van der Waals surface area contributed by atoms with E-state index in [1.807, 2.05) is 25.3 Å². The Balaban J connectivity index is 2.20. The highest BCUT2D eigenvalue weighted by molar-refractivity contribution is 5.45. The van der Waals surface area contributed by atoms with Gasteiger partial charge in [-0.25, -0.2) is 9.50 Å². The molecular weight excluding hydrogens is 192 g/mol. The molecule has 0 saturated carbocycles. The second-order valence-corrected chi connectivity index (χ2v) is 3.38. The minimum Gasteiger partial charge on any atom is -0.394 e. The molecule has 0 aliphatic rings. The van der Waals surface area contributed by atoms with E-state index in [0.29, 0.717) is 0 Å². The molecule has 5 heteroatoms. The third-order valence-electron chi connectivity index (χ3n) is 2.32. The van der Waals surface area contributed by atoms with Crippen molar-refractivity contribution in [3.63, 3.8) is 0 Å². The van der Waals surface area contributed by atoms with Crippen molar-refractivity contribution in [1.29, 1.82) is 0 Å². The van der Waals surface area contributed by atoms with Crippen LogP contribution in [0.15, 0.2) is 24.5 Å². The van der Waals surface area contributed by atoms with Gasteiger partial charge in [0.1, 0.15) is 5.82 Å². The molecule has 80 valence electrons. The van der Waals surface area contributed by atoms with Gasteiger partial charge in [-0.3, -0.25) is 0 Å². The molecule has 2 N–H and O–H groups in total. The number of rotatable bonds is 4. The van der Waals surface area contributed by atoms with Gasteiger partial charge in [0.15, 0.2) is 5.65 Å². The summed E-state index contributed by atoms with van der Waals surface area (Å²) in [5, 5.41) is 16.3. The van der Waals surface area contributed by atoms with E-state index in [4.69, 9.17) is 5.11 Å². The van der Waals surface area contributed by atoms with E-state index in [9.17, 15) is 0 Å². The predicted octanol–water partition coefficient (Wildman–Crippen LogP) is 0.912. The van der Waals surface area contributed by atoms with E-state index in [2.05, 4.69) is 15.4 Å². The minimum absolute atomic E-state index is 0.0582. The molecule has 2 aromatic heterocycles. The van der Waals surface area contributed by atoms with Crippen LogP contribution in [-0.2, 0) is 0 Å². The Kier molecular flexibility index (Phi) is 2.82. The average molecular weight is 206 g/mol. The second-order valence-electron chi connectivity index (χ2n) is 3.38. The van der Waals surface area contributed by atoms with Crippen LogP contribution in [0.4, 0.5) is 5.82 Å². The van der Waals surface area contributed by atoms with Gasteiger partial charge in [-0.2, -0.15) is 5.10 Å². The van der Waals surface area contributed by atoms with Crippen LogP contribution in [0.2, 0.25) is 0 Å². The number of hydrogen-bond donors (Lipinski definition) is 2. The van der Waals surface area contributed by atoms with Crippen molar-refractivity contribution < 1.29 is 5.11 Å². The first-order valence-corrected chi connectivity index (χ1v) is 5.01. The molecule has 0 aliphatic heterocycles. The molecule has 0 amide bonds. The normalized spacial score (nSPS) is 12.9. The van der Waals surface area contributed by atoms with Gasteiger partial charge in [0.2, 0.25) is 0 Å². The van der Waals surface area contributed by atoms with Crippen LogP contribution in [0.25, 0.3) is 5.65 Å². The first-order valence-electron chi connectivity index (χ1n) is 5.01. The highest BCUT2D eigenvalue weighted by Crippen LogP contribution is 2.08. The minimum atomic E-state index is 0.0582. The molecule has 1 unspecified atom stereocenters. The zero-order chi connectivity index (χ0) is 10.7. The van der Waals surface area contributed by atoms with E-state index >= 15 is 0 Å². The molecule has 0 aromatic carbocycles. The van der Waals surface area contributed by atoms with Crippen molar-refractivity contribution in [2.75, 3.05) is 11.9 Å². The van der Waals surface area contributed by atoms with Crippen LogP contribution in [0, 0.1) is 0 Å². The molecule has 5 nitrogen and oxygen atoms in total. The maximum atomic E-state index is 9.05. The highest BCUT2D eigenvalue weighted by Gasteiger charge is 2.05. The van der Waals surface area contributed by atoms with Crippen molar-refractivity contribution in [2.24, 2.45) is 0 Å². The lowest BCUT2D eigenvalue weighted by Crippen LogP contribution is -2.23.